The normalized spacial score (nSPS) is 14.1. The lowest BCUT2D eigenvalue weighted by Gasteiger charge is -2.26. The van der Waals surface area contributed by atoms with Crippen LogP contribution < -0.4 is 4.90 Å². The van der Waals surface area contributed by atoms with Crippen LogP contribution in [0.15, 0.2) is 236 Å². The van der Waals surface area contributed by atoms with Gasteiger partial charge in [0.1, 0.15) is 0 Å². The Bertz CT molecular complexity index is 3620. The number of anilines is 3. The molecule has 0 bridgehead atoms. The van der Waals surface area contributed by atoms with Gasteiger partial charge in [-0.25, -0.2) is 0 Å². The molecule has 57 heavy (non-hydrogen) atoms. The summed E-state index contributed by atoms with van der Waals surface area (Å²) >= 11 is 0. The van der Waals surface area contributed by atoms with Crippen molar-refractivity contribution in [3.05, 3.63) is 236 Å². The van der Waals surface area contributed by atoms with Crippen molar-refractivity contribution in [2.45, 2.75) is 0 Å². The molecule has 0 saturated heterocycles. The van der Waals surface area contributed by atoms with E-state index in [4.69, 9.17) is 0 Å². The van der Waals surface area contributed by atoms with Crippen molar-refractivity contribution in [2.75, 3.05) is 4.90 Å². The summed E-state index contributed by atoms with van der Waals surface area (Å²) in [4.78, 5) is 0.865. The van der Waals surface area contributed by atoms with E-state index in [0.29, 0.717) is 33.0 Å². The Kier molecular flexibility index (Phi) is 6.16. The van der Waals surface area contributed by atoms with Gasteiger partial charge < -0.3 is 4.90 Å². The van der Waals surface area contributed by atoms with Crippen molar-refractivity contribution in [2.24, 2.45) is 0 Å². The molecule has 0 amide bonds. The standard InChI is InChI=1S/C56H39N/c1-3-13-40(14-4-1)47-20-11-21-48(39-47)41-25-32-49(33-26-41)57(50-34-27-45(28-35-50)53-24-12-19-42-17-7-9-22-52(42)53)51-36-29-46(30-37-51)56-54-23-10-8-18-44(54)31-38-55(56)43-15-5-2-6-16-43/h1-39H/i25D,26D,27D,28D,29D,30D,32D,33D,34D,35D,36D,37D. The summed E-state index contributed by atoms with van der Waals surface area (Å²) in [7, 11) is 0. The molecule has 10 aromatic carbocycles. The fourth-order valence-electron chi connectivity index (χ4n) is 7.32. The van der Waals surface area contributed by atoms with Crippen LogP contribution in [0.3, 0.4) is 0 Å². The van der Waals surface area contributed by atoms with Crippen LogP contribution >= 0.6 is 0 Å². The van der Waals surface area contributed by atoms with Gasteiger partial charge in [0.15, 0.2) is 0 Å². The molecule has 10 rings (SSSR count). The van der Waals surface area contributed by atoms with Crippen molar-refractivity contribution in [3.8, 4) is 55.6 Å². The molecule has 0 aliphatic rings. The maximum atomic E-state index is 9.82. The van der Waals surface area contributed by atoms with Gasteiger partial charge in [-0.3, -0.25) is 0 Å². The Labute approximate surface area is 351 Å². The van der Waals surface area contributed by atoms with E-state index in [1.54, 1.807) is 36.4 Å². The van der Waals surface area contributed by atoms with Crippen LogP contribution in [0, 0.1) is 0 Å². The molecular weight excluding hydrogens is 687 g/mol. The number of benzene rings is 10. The van der Waals surface area contributed by atoms with Crippen LogP contribution in [0.1, 0.15) is 16.4 Å². The number of nitrogens with zero attached hydrogens (tertiary/aromatic N) is 1. The Hall–Kier alpha value is -7.48. The predicted molar refractivity (Wildman–Crippen MR) is 243 cm³/mol. The summed E-state index contributed by atoms with van der Waals surface area (Å²) in [6, 6.07) is 42.5. The molecule has 1 nitrogen and oxygen atoms in total. The Morgan fingerprint density at radius 2 is 0.737 bits per heavy atom. The molecule has 0 aliphatic carbocycles. The maximum absolute atomic E-state index is 9.82. The minimum atomic E-state index is -0.676. The molecule has 268 valence electrons. The van der Waals surface area contributed by atoms with Gasteiger partial charge in [-0.2, -0.15) is 0 Å². The summed E-state index contributed by atoms with van der Waals surface area (Å²) in [5.41, 5.74) is 2.29. The van der Waals surface area contributed by atoms with E-state index in [1.165, 1.54) is 0 Å². The van der Waals surface area contributed by atoms with Gasteiger partial charge in [0.05, 0.1) is 16.4 Å². The van der Waals surface area contributed by atoms with E-state index in [2.05, 4.69) is 0 Å². The number of rotatable bonds is 8. The molecule has 0 spiro atoms. The van der Waals surface area contributed by atoms with Crippen LogP contribution in [0.25, 0.3) is 77.2 Å². The van der Waals surface area contributed by atoms with E-state index >= 15 is 0 Å². The highest BCUT2D eigenvalue weighted by Gasteiger charge is 2.17. The molecule has 10 aromatic rings. The zero-order valence-electron chi connectivity index (χ0n) is 42.5. The summed E-state index contributed by atoms with van der Waals surface area (Å²) in [6.07, 6.45) is 0. The average Bonchev–Trinajstić information content (AvgIpc) is 3.38. The van der Waals surface area contributed by atoms with Gasteiger partial charge in [0.25, 0.3) is 0 Å². The minimum absolute atomic E-state index is 0.0435. The topological polar surface area (TPSA) is 3.24 Å². The SMILES string of the molecule is [2H]c1c([2H])c(N(c2c([2H])c([2H])c(-c3cccc4ccccc34)c([2H])c2[2H])c2c([2H])c([2H])c(-c3c(-c4ccccc4)ccc4ccccc34)c([2H])c2[2H])c([2H])c([2H])c1-c1cccc(-c2ccccc2)c1. The molecule has 0 aromatic heterocycles. The number of fused-ring (bicyclic) bond motifs is 2. The van der Waals surface area contributed by atoms with Gasteiger partial charge in [-0.1, -0.05) is 194 Å². The summed E-state index contributed by atoms with van der Waals surface area (Å²) < 4.78 is 116. The van der Waals surface area contributed by atoms with Crippen molar-refractivity contribution in [1.82, 2.24) is 0 Å². The van der Waals surface area contributed by atoms with E-state index < -0.39 is 89.6 Å². The molecule has 0 atom stereocenters. The first kappa shape index (κ1) is 23.4. The first-order valence-electron chi connectivity index (χ1n) is 24.6. The molecular formula is C56H39N. The maximum Gasteiger partial charge on any atom is 0.0645 e. The Balaban J connectivity index is 1.28. The van der Waals surface area contributed by atoms with Gasteiger partial charge in [0, 0.05) is 17.1 Å². The third-order valence-electron chi connectivity index (χ3n) is 10.1. The van der Waals surface area contributed by atoms with Crippen LogP contribution in [0.4, 0.5) is 17.1 Å². The third kappa shape index (κ3) is 6.66. The molecule has 0 saturated carbocycles. The molecule has 0 radical (unpaired) electrons. The first-order chi connectivity index (χ1) is 33.3. The third-order valence-corrected chi connectivity index (χ3v) is 10.1. The highest BCUT2D eigenvalue weighted by atomic mass is 15.1. The lowest BCUT2D eigenvalue weighted by Crippen LogP contribution is -2.09. The van der Waals surface area contributed by atoms with Crippen LogP contribution in [-0.4, -0.2) is 0 Å². The Morgan fingerprint density at radius 1 is 0.281 bits per heavy atom. The van der Waals surface area contributed by atoms with Crippen LogP contribution in [-0.2, 0) is 0 Å². The zero-order chi connectivity index (χ0) is 48.4. The van der Waals surface area contributed by atoms with Crippen molar-refractivity contribution < 1.29 is 16.4 Å². The van der Waals surface area contributed by atoms with Crippen LogP contribution in [0.5, 0.6) is 0 Å². The van der Waals surface area contributed by atoms with Gasteiger partial charge in [-0.15, -0.1) is 0 Å². The number of hydrogen-bond donors (Lipinski definition) is 0. The lowest BCUT2D eigenvalue weighted by atomic mass is 9.89. The van der Waals surface area contributed by atoms with E-state index in [-0.39, 0.29) is 16.7 Å². The fraction of sp³-hybridized carbons (Fsp3) is 0. The van der Waals surface area contributed by atoms with Gasteiger partial charge in [0.2, 0.25) is 0 Å². The fourth-order valence-corrected chi connectivity index (χ4v) is 7.32. The molecule has 0 fully saturated rings. The summed E-state index contributed by atoms with van der Waals surface area (Å²) in [6.45, 7) is 0. The molecule has 0 aliphatic heterocycles. The second-order valence-corrected chi connectivity index (χ2v) is 13.6. The lowest BCUT2D eigenvalue weighted by molar-refractivity contribution is 1.28. The Morgan fingerprint density at radius 3 is 1.39 bits per heavy atom. The van der Waals surface area contributed by atoms with Crippen LogP contribution in [0.2, 0.25) is 0 Å². The molecule has 0 N–H and O–H groups in total. The van der Waals surface area contributed by atoms with Gasteiger partial charge >= 0.3 is 0 Å². The summed E-state index contributed by atoms with van der Waals surface area (Å²) in [5, 5.41) is 2.89. The number of hydrogen-bond acceptors (Lipinski definition) is 1. The van der Waals surface area contributed by atoms with E-state index in [1.807, 2.05) is 127 Å². The second kappa shape index (κ2) is 15.0. The van der Waals surface area contributed by atoms with E-state index in [9.17, 15) is 16.4 Å². The first-order valence-corrected chi connectivity index (χ1v) is 18.6. The highest BCUT2D eigenvalue weighted by molar-refractivity contribution is 6.04. The van der Waals surface area contributed by atoms with E-state index in [0.717, 1.165) is 32.4 Å². The van der Waals surface area contributed by atoms with Crippen molar-refractivity contribution >= 4 is 38.6 Å². The predicted octanol–water partition coefficient (Wildman–Crippen LogP) is 15.8. The molecule has 0 unspecified atom stereocenters. The minimum Gasteiger partial charge on any atom is -0.311 e. The largest absolute Gasteiger partial charge is 0.311 e. The van der Waals surface area contributed by atoms with Crippen molar-refractivity contribution in [3.63, 3.8) is 0 Å². The molecule has 1 heteroatoms. The second-order valence-electron chi connectivity index (χ2n) is 13.6. The van der Waals surface area contributed by atoms with Crippen molar-refractivity contribution in [1.29, 1.82) is 0 Å². The highest BCUT2D eigenvalue weighted by Crippen LogP contribution is 2.42. The monoisotopic (exact) mass is 737 g/mol. The molecule has 0 heterocycles. The quantitative estimate of drug-likeness (QED) is 0.150. The smallest absolute Gasteiger partial charge is 0.0645 e. The zero-order valence-corrected chi connectivity index (χ0v) is 30.5. The average molecular weight is 738 g/mol. The summed E-state index contributed by atoms with van der Waals surface area (Å²) in [5.74, 6) is 0. The van der Waals surface area contributed by atoms with Gasteiger partial charge in [-0.05, 0) is 120 Å².